The van der Waals surface area contributed by atoms with Gasteiger partial charge in [-0.25, -0.2) is 5.43 Å². The van der Waals surface area contributed by atoms with Crippen LogP contribution in [0, 0.1) is 0 Å². The van der Waals surface area contributed by atoms with Crippen molar-refractivity contribution in [1.29, 1.82) is 0 Å². The van der Waals surface area contributed by atoms with E-state index in [-0.39, 0.29) is 11.4 Å². The second-order valence-corrected chi connectivity index (χ2v) is 8.13. The maximum atomic E-state index is 12.2. The molecule has 2 aromatic carbocycles. The molecular weight excluding hydrogens is 402 g/mol. The van der Waals surface area contributed by atoms with Gasteiger partial charge in [0.15, 0.2) is 0 Å². The number of hydrogen-bond donors (Lipinski definition) is 1. The summed E-state index contributed by atoms with van der Waals surface area (Å²) < 4.78 is 0.861. The van der Waals surface area contributed by atoms with Crippen LogP contribution < -0.4 is 10.3 Å². The van der Waals surface area contributed by atoms with Gasteiger partial charge < -0.3 is 4.90 Å². The van der Waals surface area contributed by atoms with Crippen LogP contribution in [0.2, 0.25) is 0 Å². The van der Waals surface area contributed by atoms with E-state index < -0.39 is 0 Å². The van der Waals surface area contributed by atoms with E-state index in [0.29, 0.717) is 5.56 Å². The third kappa shape index (κ3) is 4.14. The summed E-state index contributed by atoms with van der Waals surface area (Å²) in [5.41, 5.74) is 7.79. The molecule has 1 amide bonds. The van der Waals surface area contributed by atoms with Gasteiger partial charge in [0, 0.05) is 27.8 Å². The van der Waals surface area contributed by atoms with Crippen LogP contribution in [0.25, 0.3) is 5.57 Å². The summed E-state index contributed by atoms with van der Waals surface area (Å²) >= 11 is 3.37. The number of amides is 1. The van der Waals surface area contributed by atoms with E-state index in [0.717, 1.165) is 16.6 Å². The first-order valence-corrected chi connectivity index (χ1v) is 9.81. The third-order valence-electron chi connectivity index (χ3n) is 4.78. The topological polar surface area (TPSA) is 44.7 Å². The standard InChI is InChI=1S/C22H24BrN3O/c1-5-26-20-10-9-16(11-19(20)15(2)13-22(26,3)4)14-24-25-21(27)17-7-6-8-18(23)12-17/h6-14H,5H2,1-4H3,(H,25,27)/b24-14-. The molecule has 1 N–H and O–H groups in total. The van der Waals surface area contributed by atoms with Gasteiger partial charge >= 0.3 is 0 Å². The highest BCUT2D eigenvalue weighted by atomic mass is 79.9. The van der Waals surface area contributed by atoms with E-state index in [1.54, 1.807) is 18.3 Å². The molecule has 3 rings (SSSR count). The Kier molecular flexibility index (Phi) is 5.51. The molecule has 0 fully saturated rings. The number of hydrazone groups is 1. The van der Waals surface area contributed by atoms with Crippen LogP contribution >= 0.6 is 15.9 Å². The molecule has 140 valence electrons. The predicted octanol–water partition coefficient (Wildman–Crippen LogP) is 5.23. The molecule has 0 unspecified atom stereocenters. The summed E-state index contributed by atoms with van der Waals surface area (Å²) in [6.07, 6.45) is 3.98. The van der Waals surface area contributed by atoms with E-state index >= 15 is 0 Å². The molecule has 0 atom stereocenters. The van der Waals surface area contributed by atoms with Crippen molar-refractivity contribution in [3.63, 3.8) is 0 Å². The first-order valence-electron chi connectivity index (χ1n) is 9.02. The van der Waals surface area contributed by atoms with Gasteiger partial charge in [-0.1, -0.05) is 34.1 Å². The maximum Gasteiger partial charge on any atom is 0.271 e. The fourth-order valence-corrected chi connectivity index (χ4v) is 4.02. The number of hydrogen-bond acceptors (Lipinski definition) is 3. The number of rotatable bonds is 4. The Morgan fingerprint density at radius 3 is 2.74 bits per heavy atom. The number of halogens is 1. The van der Waals surface area contributed by atoms with Crippen LogP contribution in [-0.2, 0) is 0 Å². The number of nitrogens with zero attached hydrogens (tertiary/aromatic N) is 2. The van der Waals surface area contributed by atoms with E-state index in [1.807, 2.05) is 18.2 Å². The number of fused-ring (bicyclic) bond motifs is 1. The normalized spacial score (nSPS) is 15.4. The Balaban J connectivity index is 1.79. The van der Waals surface area contributed by atoms with Crippen molar-refractivity contribution in [2.24, 2.45) is 5.10 Å². The monoisotopic (exact) mass is 425 g/mol. The quantitative estimate of drug-likeness (QED) is 0.537. The summed E-state index contributed by atoms with van der Waals surface area (Å²) in [5.74, 6) is -0.236. The van der Waals surface area contributed by atoms with Crippen LogP contribution in [0.15, 0.2) is 58.1 Å². The van der Waals surface area contributed by atoms with Gasteiger partial charge in [-0.3, -0.25) is 4.79 Å². The average molecular weight is 426 g/mol. The van der Waals surface area contributed by atoms with E-state index in [4.69, 9.17) is 0 Å². The second-order valence-electron chi connectivity index (χ2n) is 7.21. The lowest BCUT2D eigenvalue weighted by molar-refractivity contribution is 0.0955. The molecule has 2 aromatic rings. The first kappa shape index (κ1) is 19.4. The van der Waals surface area contributed by atoms with Crippen molar-refractivity contribution >= 4 is 39.3 Å². The lowest BCUT2D eigenvalue weighted by Crippen LogP contribution is -2.44. The number of nitrogens with one attached hydrogen (secondary N) is 1. The number of benzene rings is 2. The van der Waals surface area contributed by atoms with Crippen molar-refractivity contribution in [3.8, 4) is 0 Å². The third-order valence-corrected chi connectivity index (χ3v) is 5.28. The molecule has 0 bridgehead atoms. The van der Waals surface area contributed by atoms with Crippen molar-refractivity contribution in [2.75, 3.05) is 11.4 Å². The van der Waals surface area contributed by atoms with Crippen LogP contribution in [0.5, 0.6) is 0 Å². The highest BCUT2D eigenvalue weighted by molar-refractivity contribution is 9.10. The Labute approximate surface area is 169 Å². The molecule has 0 saturated heterocycles. The zero-order chi connectivity index (χ0) is 19.6. The minimum absolute atomic E-state index is 0.000624. The molecule has 0 spiro atoms. The fraction of sp³-hybridized carbons (Fsp3) is 0.273. The Bertz CT molecular complexity index is 931. The lowest BCUT2D eigenvalue weighted by Gasteiger charge is -2.42. The number of carbonyl (C=O) groups excluding carboxylic acids is 1. The molecule has 1 aliphatic heterocycles. The molecule has 1 aliphatic rings. The molecule has 0 aromatic heterocycles. The van der Waals surface area contributed by atoms with Gasteiger partial charge in [-0.2, -0.15) is 5.10 Å². The average Bonchev–Trinajstić information content (AvgIpc) is 2.61. The largest absolute Gasteiger partial charge is 0.363 e. The molecule has 0 radical (unpaired) electrons. The van der Waals surface area contributed by atoms with Gasteiger partial charge in [0.2, 0.25) is 0 Å². The molecule has 0 aliphatic carbocycles. The Morgan fingerprint density at radius 1 is 1.26 bits per heavy atom. The van der Waals surface area contributed by atoms with Crippen LogP contribution in [-0.4, -0.2) is 24.2 Å². The number of likely N-dealkylation sites (N-methyl/N-ethyl adjacent to an activating group) is 1. The molecular formula is C22H24BrN3O. The Hall–Kier alpha value is -2.40. The SMILES string of the molecule is CCN1c2ccc(/C=N\NC(=O)c3cccc(Br)c3)cc2C(C)=CC1(C)C. The van der Waals surface area contributed by atoms with E-state index in [2.05, 4.69) is 77.3 Å². The molecule has 0 saturated carbocycles. The van der Waals surface area contributed by atoms with Gasteiger partial charge in [-0.15, -0.1) is 0 Å². The van der Waals surface area contributed by atoms with Gasteiger partial charge in [0.05, 0.1) is 11.8 Å². The fourth-order valence-electron chi connectivity index (χ4n) is 3.62. The molecule has 27 heavy (non-hydrogen) atoms. The minimum atomic E-state index is -0.236. The van der Waals surface area contributed by atoms with Crippen LogP contribution in [0.4, 0.5) is 5.69 Å². The zero-order valence-electron chi connectivity index (χ0n) is 16.1. The van der Waals surface area contributed by atoms with Crippen molar-refractivity contribution in [2.45, 2.75) is 33.2 Å². The summed E-state index contributed by atoms with van der Waals surface area (Å²) in [6, 6.07) is 13.5. The first-order chi connectivity index (χ1) is 12.8. The number of carbonyl (C=O) groups is 1. The minimum Gasteiger partial charge on any atom is -0.363 e. The van der Waals surface area contributed by atoms with E-state index in [9.17, 15) is 4.79 Å². The number of anilines is 1. The summed E-state index contributed by atoms with van der Waals surface area (Å²) in [6.45, 7) is 9.72. The molecule has 4 nitrogen and oxygen atoms in total. The summed E-state index contributed by atoms with van der Waals surface area (Å²) in [4.78, 5) is 14.6. The maximum absolute atomic E-state index is 12.2. The zero-order valence-corrected chi connectivity index (χ0v) is 17.7. The molecule has 5 heteroatoms. The smallest absolute Gasteiger partial charge is 0.271 e. The van der Waals surface area contributed by atoms with Crippen molar-refractivity contribution < 1.29 is 4.79 Å². The van der Waals surface area contributed by atoms with Gasteiger partial charge in [-0.05, 0) is 69.2 Å². The predicted molar refractivity (Wildman–Crippen MR) is 116 cm³/mol. The van der Waals surface area contributed by atoms with E-state index in [1.165, 1.54) is 16.8 Å². The van der Waals surface area contributed by atoms with Crippen molar-refractivity contribution in [3.05, 3.63) is 69.7 Å². The highest BCUT2D eigenvalue weighted by Crippen LogP contribution is 2.38. The Morgan fingerprint density at radius 2 is 2.04 bits per heavy atom. The van der Waals surface area contributed by atoms with Gasteiger partial charge in [0.1, 0.15) is 0 Å². The summed E-state index contributed by atoms with van der Waals surface area (Å²) in [5, 5.41) is 4.12. The van der Waals surface area contributed by atoms with Crippen molar-refractivity contribution in [1.82, 2.24) is 5.43 Å². The lowest BCUT2D eigenvalue weighted by atomic mass is 9.88. The molecule has 1 heterocycles. The van der Waals surface area contributed by atoms with Crippen LogP contribution in [0.3, 0.4) is 0 Å². The second kappa shape index (κ2) is 7.69. The van der Waals surface area contributed by atoms with Crippen LogP contribution in [0.1, 0.15) is 49.2 Å². The summed E-state index contributed by atoms with van der Waals surface area (Å²) in [7, 11) is 0. The van der Waals surface area contributed by atoms with Gasteiger partial charge in [0.25, 0.3) is 5.91 Å². The highest BCUT2D eigenvalue weighted by Gasteiger charge is 2.29. The number of allylic oxidation sites excluding steroid dienone is 1.